The zero-order chi connectivity index (χ0) is 17.0. The lowest BCUT2D eigenvalue weighted by Crippen LogP contribution is -2.53. The van der Waals surface area contributed by atoms with Crippen LogP contribution in [0, 0.1) is 0 Å². The van der Waals surface area contributed by atoms with E-state index in [2.05, 4.69) is 36.1 Å². The molecule has 1 N–H and O–H groups in total. The topological polar surface area (TPSA) is 62.6 Å². The molecule has 1 aliphatic rings. The van der Waals surface area contributed by atoms with Crippen molar-refractivity contribution in [2.75, 3.05) is 26.7 Å². The third kappa shape index (κ3) is 5.21. The molecule has 0 unspecified atom stereocenters. The number of morpholine rings is 1. The third-order valence-electron chi connectivity index (χ3n) is 4.14. The summed E-state index contributed by atoms with van der Waals surface area (Å²) in [5.74, 6) is 0. The second-order valence-corrected chi connectivity index (χ2v) is 6.62. The van der Waals surface area contributed by atoms with E-state index in [4.69, 9.17) is 4.74 Å². The maximum atomic E-state index is 12.2. The maximum absolute atomic E-state index is 12.2. The molecule has 2 rings (SSSR count). The molecule has 23 heavy (non-hydrogen) atoms. The molecule has 0 spiro atoms. The van der Waals surface area contributed by atoms with Crippen LogP contribution in [-0.4, -0.2) is 70.5 Å². The van der Waals surface area contributed by atoms with Crippen molar-refractivity contribution in [2.45, 2.75) is 45.6 Å². The Labute approximate surface area is 138 Å². The molecule has 7 nitrogen and oxygen atoms in total. The van der Waals surface area contributed by atoms with E-state index >= 15 is 0 Å². The first-order valence-corrected chi connectivity index (χ1v) is 8.21. The van der Waals surface area contributed by atoms with Crippen molar-refractivity contribution < 1.29 is 9.53 Å². The molecule has 130 valence electrons. The van der Waals surface area contributed by atoms with Gasteiger partial charge in [0.2, 0.25) is 0 Å². The predicted molar refractivity (Wildman–Crippen MR) is 89.1 cm³/mol. The Morgan fingerprint density at radius 2 is 2.13 bits per heavy atom. The number of nitrogens with zero attached hydrogens (tertiary/aromatic N) is 4. The zero-order valence-corrected chi connectivity index (χ0v) is 14.8. The number of hydrogen-bond donors (Lipinski definition) is 1. The van der Waals surface area contributed by atoms with Gasteiger partial charge in [0.25, 0.3) is 0 Å². The number of ether oxygens (including phenoxy) is 1. The van der Waals surface area contributed by atoms with Crippen LogP contribution in [0.1, 0.15) is 26.3 Å². The standard InChI is InChI=1S/C16H29N5O2/c1-12(21-8-13(2)23-14(3)9-21)6-17-16(22)19(4)10-15-7-18-20(5)11-15/h7,11-14H,6,8-10H2,1-5H3,(H,17,22)/t12-,13+,14+/m0/s1. The molecule has 1 aromatic rings. The summed E-state index contributed by atoms with van der Waals surface area (Å²) >= 11 is 0. The molecule has 3 atom stereocenters. The second-order valence-electron chi connectivity index (χ2n) is 6.62. The summed E-state index contributed by atoms with van der Waals surface area (Å²) in [5, 5.41) is 7.13. The third-order valence-corrected chi connectivity index (χ3v) is 4.14. The highest BCUT2D eigenvalue weighted by Gasteiger charge is 2.26. The Balaban J connectivity index is 1.76. The number of aryl methyl sites for hydroxylation is 1. The van der Waals surface area contributed by atoms with Gasteiger partial charge in [0.05, 0.1) is 24.9 Å². The molecule has 2 heterocycles. The van der Waals surface area contributed by atoms with Crippen LogP contribution in [0.25, 0.3) is 0 Å². The molecule has 1 fully saturated rings. The Hall–Kier alpha value is -1.60. The fourth-order valence-electron chi connectivity index (χ4n) is 2.98. The average Bonchev–Trinajstić information content (AvgIpc) is 2.88. The molecule has 7 heteroatoms. The molecule has 1 aromatic heterocycles. The van der Waals surface area contributed by atoms with Gasteiger partial charge in [-0.25, -0.2) is 4.79 Å². The Morgan fingerprint density at radius 1 is 1.48 bits per heavy atom. The van der Waals surface area contributed by atoms with Gasteiger partial charge in [-0.1, -0.05) is 0 Å². The highest BCUT2D eigenvalue weighted by atomic mass is 16.5. The highest BCUT2D eigenvalue weighted by molar-refractivity contribution is 5.73. The van der Waals surface area contributed by atoms with Gasteiger partial charge in [-0.15, -0.1) is 0 Å². The lowest BCUT2D eigenvalue weighted by Gasteiger charge is -2.39. The van der Waals surface area contributed by atoms with Crippen LogP contribution < -0.4 is 5.32 Å². The van der Waals surface area contributed by atoms with Gasteiger partial charge in [-0.05, 0) is 20.8 Å². The summed E-state index contributed by atoms with van der Waals surface area (Å²) in [6.45, 7) is 9.34. The van der Waals surface area contributed by atoms with Crippen LogP contribution in [0.4, 0.5) is 4.79 Å². The number of nitrogens with one attached hydrogen (secondary N) is 1. The first-order valence-electron chi connectivity index (χ1n) is 8.21. The van der Waals surface area contributed by atoms with E-state index in [1.54, 1.807) is 22.8 Å². The van der Waals surface area contributed by atoms with E-state index in [1.165, 1.54) is 0 Å². The van der Waals surface area contributed by atoms with Crippen LogP contribution in [0.15, 0.2) is 12.4 Å². The van der Waals surface area contributed by atoms with Gasteiger partial charge in [0.1, 0.15) is 0 Å². The summed E-state index contributed by atoms with van der Waals surface area (Å²) in [6, 6.07) is 0.231. The van der Waals surface area contributed by atoms with Crippen molar-refractivity contribution in [3.63, 3.8) is 0 Å². The molecule has 0 aromatic carbocycles. The molecule has 1 aliphatic heterocycles. The number of amides is 2. The normalized spacial score (nSPS) is 23.5. The van der Waals surface area contributed by atoms with Gasteiger partial charge in [0, 0.05) is 51.5 Å². The first-order chi connectivity index (χ1) is 10.8. The average molecular weight is 323 g/mol. The van der Waals surface area contributed by atoms with E-state index in [0.717, 1.165) is 18.7 Å². The molecule has 0 aliphatic carbocycles. The molecule has 2 amide bonds. The summed E-state index contributed by atoms with van der Waals surface area (Å²) in [5.41, 5.74) is 1.02. The van der Waals surface area contributed by atoms with Crippen molar-refractivity contribution in [1.82, 2.24) is 24.9 Å². The van der Waals surface area contributed by atoms with Gasteiger partial charge < -0.3 is 15.0 Å². The first kappa shape index (κ1) is 17.7. The maximum Gasteiger partial charge on any atom is 0.317 e. The van der Waals surface area contributed by atoms with Gasteiger partial charge in [-0.2, -0.15) is 5.10 Å². The van der Waals surface area contributed by atoms with Gasteiger partial charge >= 0.3 is 6.03 Å². The molecule has 1 saturated heterocycles. The molecule has 0 saturated carbocycles. The van der Waals surface area contributed by atoms with E-state index in [0.29, 0.717) is 19.1 Å². The van der Waals surface area contributed by atoms with Crippen molar-refractivity contribution in [1.29, 1.82) is 0 Å². The van der Waals surface area contributed by atoms with Crippen LogP contribution in [0.2, 0.25) is 0 Å². The number of carbonyl (C=O) groups excluding carboxylic acids is 1. The van der Waals surface area contributed by atoms with Crippen LogP contribution in [0.3, 0.4) is 0 Å². The van der Waals surface area contributed by atoms with E-state index < -0.39 is 0 Å². The van der Waals surface area contributed by atoms with Crippen molar-refractivity contribution in [3.05, 3.63) is 18.0 Å². The second kappa shape index (κ2) is 7.79. The fourth-order valence-corrected chi connectivity index (χ4v) is 2.98. The van der Waals surface area contributed by atoms with Crippen molar-refractivity contribution in [2.24, 2.45) is 7.05 Å². The van der Waals surface area contributed by atoms with Gasteiger partial charge in [0.15, 0.2) is 0 Å². The number of aromatic nitrogens is 2. The Kier molecular flexibility index (Phi) is 6.01. The Morgan fingerprint density at radius 3 is 2.70 bits per heavy atom. The van der Waals surface area contributed by atoms with Crippen molar-refractivity contribution in [3.8, 4) is 0 Å². The lowest BCUT2D eigenvalue weighted by molar-refractivity contribution is -0.0778. The fraction of sp³-hybridized carbons (Fsp3) is 0.750. The highest BCUT2D eigenvalue weighted by Crippen LogP contribution is 2.13. The quantitative estimate of drug-likeness (QED) is 0.880. The molecular weight excluding hydrogens is 294 g/mol. The Bertz CT molecular complexity index is 508. The molecular formula is C16H29N5O2. The number of urea groups is 1. The van der Waals surface area contributed by atoms with Crippen LogP contribution in [0.5, 0.6) is 0 Å². The number of rotatable bonds is 5. The minimum atomic E-state index is -0.0601. The largest absolute Gasteiger partial charge is 0.373 e. The summed E-state index contributed by atoms with van der Waals surface area (Å²) in [4.78, 5) is 16.3. The minimum Gasteiger partial charge on any atom is -0.373 e. The van der Waals surface area contributed by atoms with Crippen LogP contribution in [-0.2, 0) is 18.3 Å². The monoisotopic (exact) mass is 323 g/mol. The lowest BCUT2D eigenvalue weighted by atomic mass is 10.2. The predicted octanol–water partition coefficient (Wildman–Crippen LogP) is 1.06. The molecule has 0 bridgehead atoms. The summed E-state index contributed by atoms with van der Waals surface area (Å²) in [7, 11) is 3.67. The van der Waals surface area contributed by atoms with E-state index in [-0.39, 0.29) is 18.2 Å². The van der Waals surface area contributed by atoms with Crippen molar-refractivity contribution >= 4 is 6.03 Å². The smallest absolute Gasteiger partial charge is 0.317 e. The number of hydrogen-bond acceptors (Lipinski definition) is 4. The minimum absolute atomic E-state index is 0.0601. The van der Waals surface area contributed by atoms with E-state index in [1.807, 2.05) is 13.2 Å². The molecule has 0 radical (unpaired) electrons. The summed E-state index contributed by atoms with van der Waals surface area (Å²) in [6.07, 6.45) is 4.18. The zero-order valence-electron chi connectivity index (χ0n) is 14.8. The summed E-state index contributed by atoms with van der Waals surface area (Å²) < 4.78 is 7.49. The van der Waals surface area contributed by atoms with Gasteiger partial charge in [-0.3, -0.25) is 9.58 Å². The number of carbonyl (C=O) groups is 1. The van der Waals surface area contributed by atoms with Crippen LogP contribution >= 0.6 is 0 Å². The SMILES string of the molecule is C[C@@H]1CN([C@@H](C)CNC(=O)N(C)Cc2cnn(C)c2)C[C@@H](C)O1. The van der Waals surface area contributed by atoms with E-state index in [9.17, 15) is 4.79 Å².